The zero-order valence-electron chi connectivity index (χ0n) is 14.7. The van der Waals surface area contributed by atoms with Gasteiger partial charge in [-0.2, -0.15) is 0 Å². The van der Waals surface area contributed by atoms with Crippen molar-refractivity contribution in [3.8, 4) is 10.6 Å². The van der Waals surface area contributed by atoms with Crippen LogP contribution in [0.1, 0.15) is 18.5 Å². The van der Waals surface area contributed by atoms with Gasteiger partial charge in [-0.05, 0) is 37.9 Å². The number of rotatable bonds is 7. The van der Waals surface area contributed by atoms with Crippen LogP contribution in [0.4, 0.5) is 0 Å². The molecule has 1 saturated heterocycles. The fraction of sp³-hybridized carbons (Fsp3) is 0.474. The Morgan fingerprint density at radius 1 is 1.35 bits per heavy atom. The Morgan fingerprint density at radius 3 is 2.85 bits per heavy atom. The number of piperidine rings is 1. The molecule has 0 radical (unpaired) electrons. The molecule has 1 fully saturated rings. The molecule has 1 aliphatic rings. The Hall–Kier alpha value is -1.47. The molecule has 3 rings (SSSR count). The lowest BCUT2D eigenvalue weighted by molar-refractivity contribution is -0.120. The number of aliphatic hydroxyl groups excluding tert-OH is 1. The fourth-order valence-corrected chi connectivity index (χ4v) is 4.26. The highest BCUT2D eigenvalue weighted by molar-refractivity contribution is 7.13. The molecule has 2 heterocycles. The van der Waals surface area contributed by atoms with Crippen LogP contribution in [0, 0.1) is 5.92 Å². The summed E-state index contributed by atoms with van der Waals surface area (Å²) >= 11 is 7.71. The van der Waals surface area contributed by atoms with E-state index in [9.17, 15) is 4.79 Å². The number of nitrogens with one attached hydrogen (secondary N) is 1. The van der Waals surface area contributed by atoms with E-state index in [0.29, 0.717) is 17.5 Å². The second kappa shape index (κ2) is 9.46. The second-order valence-corrected chi connectivity index (χ2v) is 7.88. The van der Waals surface area contributed by atoms with E-state index in [1.807, 2.05) is 29.6 Å². The van der Waals surface area contributed by atoms with E-state index in [-0.39, 0.29) is 18.9 Å². The van der Waals surface area contributed by atoms with Gasteiger partial charge in [0, 0.05) is 30.6 Å². The lowest BCUT2D eigenvalue weighted by Gasteiger charge is -2.30. The minimum atomic E-state index is -0.00810. The number of hydrogen-bond acceptors (Lipinski definition) is 5. The molecule has 5 nitrogen and oxygen atoms in total. The third-order valence-electron chi connectivity index (χ3n) is 4.71. The van der Waals surface area contributed by atoms with Crippen molar-refractivity contribution in [3.05, 3.63) is 40.4 Å². The second-order valence-electron chi connectivity index (χ2n) is 6.62. The molecule has 1 aromatic carbocycles. The first-order valence-corrected chi connectivity index (χ1v) is 10.2. The number of hydrogen-bond donors (Lipinski definition) is 2. The molecular weight excluding hydrogens is 370 g/mol. The smallest absolute Gasteiger partial charge is 0.226 e. The van der Waals surface area contributed by atoms with Crippen molar-refractivity contribution < 1.29 is 9.90 Å². The fourth-order valence-electron chi connectivity index (χ4n) is 3.12. The topological polar surface area (TPSA) is 65.5 Å². The van der Waals surface area contributed by atoms with Gasteiger partial charge in [0.15, 0.2) is 0 Å². The van der Waals surface area contributed by atoms with Crippen LogP contribution in [0.5, 0.6) is 0 Å². The normalized spacial score (nSPS) is 15.9. The van der Waals surface area contributed by atoms with Gasteiger partial charge < -0.3 is 15.3 Å². The quantitative estimate of drug-likeness (QED) is 0.759. The summed E-state index contributed by atoms with van der Waals surface area (Å²) in [5, 5.41) is 15.6. The number of nitrogens with zero attached hydrogens (tertiary/aromatic N) is 2. The molecular formula is C19H24ClN3O2S. The molecule has 0 unspecified atom stereocenters. The van der Waals surface area contributed by atoms with Crippen LogP contribution in [0.2, 0.25) is 5.02 Å². The third-order valence-corrected chi connectivity index (χ3v) is 5.97. The lowest BCUT2D eigenvalue weighted by atomic mass is 9.98. The van der Waals surface area contributed by atoms with Crippen LogP contribution >= 0.6 is 22.9 Å². The van der Waals surface area contributed by atoms with Crippen molar-refractivity contribution in [2.75, 3.05) is 32.8 Å². The zero-order valence-corrected chi connectivity index (χ0v) is 16.2. The molecule has 2 aromatic rings. The van der Waals surface area contributed by atoms with E-state index < -0.39 is 0 Å². The highest BCUT2D eigenvalue weighted by atomic mass is 35.5. The molecule has 1 aromatic heterocycles. The largest absolute Gasteiger partial charge is 0.396 e. The van der Waals surface area contributed by atoms with Crippen LogP contribution < -0.4 is 5.32 Å². The number of likely N-dealkylation sites (tertiary alicyclic amines) is 1. The van der Waals surface area contributed by atoms with Crippen molar-refractivity contribution in [1.82, 2.24) is 15.2 Å². The Balaban J connectivity index is 1.42. The highest BCUT2D eigenvalue weighted by Crippen LogP contribution is 2.30. The Morgan fingerprint density at radius 2 is 2.12 bits per heavy atom. The van der Waals surface area contributed by atoms with Gasteiger partial charge in [-0.25, -0.2) is 4.98 Å². The number of amides is 1. The Kier molecular flexibility index (Phi) is 7.02. The minimum absolute atomic E-state index is 0.00810. The number of carbonyl (C=O) groups excluding carboxylic acids is 1. The van der Waals surface area contributed by atoms with E-state index in [1.54, 1.807) is 0 Å². The monoisotopic (exact) mass is 393 g/mol. The first kappa shape index (κ1) is 19.3. The van der Waals surface area contributed by atoms with Gasteiger partial charge in [0.2, 0.25) is 5.91 Å². The Labute approximate surface area is 163 Å². The van der Waals surface area contributed by atoms with Gasteiger partial charge >= 0.3 is 0 Å². The highest BCUT2D eigenvalue weighted by Gasteiger charge is 2.18. The molecule has 1 aliphatic heterocycles. The van der Waals surface area contributed by atoms with E-state index in [2.05, 4.69) is 15.2 Å². The summed E-state index contributed by atoms with van der Waals surface area (Å²) in [6.07, 6.45) is 2.36. The van der Waals surface area contributed by atoms with Gasteiger partial charge in [-0.3, -0.25) is 4.79 Å². The summed E-state index contributed by atoms with van der Waals surface area (Å²) in [6.45, 7) is 3.77. The molecule has 140 valence electrons. The summed E-state index contributed by atoms with van der Waals surface area (Å²) in [5.41, 5.74) is 1.67. The first-order valence-electron chi connectivity index (χ1n) is 8.95. The molecule has 0 aliphatic carbocycles. The predicted octanol–water partition coefficient (Wildman–Crippen LogP) is 2.83. The van der Waals surface area contributed by atoms with Gasteiger partial charge in [-0.15, -0.1) is 11.3 Å². The molecule has 0 saturated carbocycles. The number of halogens is 1. The van der Waals surface area contributed by atoms with Gasteiger partial charge in [-0.1, -0.05) is 29.8 Å². The summed E-state index contributed by atoms with van der Waals surface area (Å²) < 4.78 is 0. The molecule has 1 amide bonds. The van der Waals surface area contributed by atoms with E-state index in [4.69, 9.17) is 16.7 Å². The van der Waals surface area contributed by atoms with Crippen molar-refractivity contribution in [1.29, 1.82) is 0 Å². The number of thiazole rings is 1. The summed E-state index contributed by atoms with van der Waals surface area (Å²) in [7, 11) is 0. The van der Waals surface area contributed by atoms with Crippen LogP contribution in [0.15, 0.2) is 29.6 Å². The van der Waals surface area contributed by atoms with E-state index in [0.717, 1.165) is 48.7 Å². The third kappa shape index (κ3) is 5.27. The van der Waals surface area contributed by atoms with E-state index >= 15 is 0 Å². The van der Waals surface area contributed by atoms with Gasteiger partial charge in [0.05, 0.1) is 17.1 Å². The maximum absolute atomic E-state index is 12.1. The summed E-state index contributed by atoms with van der Waals surface area (Å²) in [5.74, 6) is 0.434. The standard InChI is InChI=1S/C19H24ClN3O2S/c20-17-4-2-1-3-16(17)19-22-15(13-26-19)11-18(25)21-7-10-23-8-5-14(12-24)6-9-23/h1-4,13-14,24H,5-12H2,(H,21,25). The van der Waals surface area contributed by atoms with Crippen LogP contribution in [-0.4, -0.2) is 53.7 Å². The summed E-state index contributed by atoms with van der Waals surface area (Å²) in [6, 6.07) is 7.59. The predicted molar refractivity (Wildman–Crippen MR) is 106 cm³/mol. The van der Waals surface area contributed by atoms with Gasteiger partial charge in [0.25, 0.3) is 0 Å². The molecule has 26 heavy (non-hydrogen) atoms. The Bertz CT molecular complexity index is 729. The average molecular weight is 394 g/mol. The number of benzene rings is 1. The van der Waals surface area contributed by atoms with Crippen molar-refractivity contribution in [3.63, 3.8) is 0 Å². The maximum Gasteiger partial charge on any atom is 0.226 e. The van der Waals surface area contributed by atoms with Crippen LogP contribution in [0.25, 0.3) is 10.6 Å². The van der Waals surface area contributed by atoms with Crippen LogP contribution in [-0.2, 0) is 11.2 Å². The average Bonchev–Trinajstić information content (AvgIpc) is 3.11. The molecule has 0 atom stereocenters. The number of aliphatic hydroxyl groups is 1. The van der Waals surface area contributed by atoms with E-state index in [1.165, 1.54) is 11.3 Å². The SMILES string of the molecule is O=C(Cc1csc(-c2ccccc2Cl)n1)NCCN1CCC(CO)CC1. The molecule has 0 bridgehead atoms. The minimum Gasteiger partial charge on any atom is -0.396 e. The van der Waals surface area contributed by atoms with Crippen molar-refractivity contribution >= 4 is 28.8 Å². The van der Waals surface area contributed by atoms with Crippen molar-refractivity contribution in [2.24, 2.45) is 5.92 Å². The summed E-state index contributed by atoms with van der Waals surface area (Å²) in [4.78, 5) is 19.0. The molecule has 2 N–H and O–H groups in total. The molecule has 0 spiro atoms. The number of carbonyl (C=O) groups is 1. The molecule has 7 heteroatoms. The number of aromatic nitrogens is 1. The van der Waals surface area contributed by atoms with Gasteiger partial charge in [0.1, 0.15) is 5.01 Å². The van der Waals surface area contributed by atoms with Crippen molar-refractivity contribution in [2.45, 2.75) is 19.3 Å². The first-order chi connectivity index (χ1) is 12.7. The van der Waals surface area contributed by atoms with Crippen LogP contribution in [0.3, 0.4) is 0 Å². The maximum atomic E-state index is 12.1. The zero-order chi connectivity index (χ0) is 18.4. The lowest BCUT2D eigenvalue weighted by Crippen LogP contribution is -2.40.